The van der Waals surface area contributed by atoms with Crippen molar-refractivity contribution in [3.05, 3.63) is 95.0 Å². The lowest BCUT2D eigenvalue weighted by atomic mass is 10.2. The van der Waals surface area contributed by atoms with Crippen molar-refractivity contribution in [1.82, 2.24) is 9.66 Å². The molecule has 0 aliphatic carbocycles. The van der Waals surface area contributed by atoms with E-state index in [4.69, 9.17) is 21.1 Å². The van der Waals surface area contributed by atoms with Crippen molar-refractivity contribution in [2.45, 2.75) is 20.0 Å². The van der Waals surface area contributed by atoms with Gasteiger partial charge in [-0.1, -0.05) is 46.6 Å². The summed E-state index contributed by atoms with van der Waals surface area (Å²) in [6, 6.07) is 16.7. The van der Waals surface area contributed by atoms with Crippen LogP contribution in [0.5, 0.6) is 11.5 Å². The highest BCUT2D eigenvalue weighted by Gasteiger charge is 2.13. The smallest absolute Gasteiger partial charge is 0.282 e. The number of aromatic nitrogens is 2. The average Bonchev–Trinajstić information content (AvgIpc) is 2.83. The predicted molar refractivity (Wildman–Crippen MR) is 148 cm³/mol. The number of methoxy groups -OCH3 is 1. The van der Waals surface area contributed by atoms with Crippen LogP contribution in [0.1, 0.15) is 23.9 Å². The molecule has 0 unspecified atom stereocenters. The summed E-state index contributed by atoms with van der Waals surface area (Å²) in [6.07, 6.45) is 2.19. The van der Waals surface area contributed by atoms with Crippen LogP contribution in [0.3, 0.4) is 0 Å². The van der Waals surface area contributed by atoms with Crippen molar-refractivity contribution >= 4 is 67.2 Å². The molecule has 34 heavy (non-hydrogen) atoms. The number of nitrogens with zero attached hydrogens (tertiary/aromatic N) is 3. The van der Waals surface area contributed by atoms with E-state index in [1.807, 2.05) is 55.5 Å². The second-order valence-electron chi connectivity index (χ2n) is 7.35. The first-order chi connectivity index (χ1) is 16.4. The third kappa shape index (κ3) is 5.45. The second kappa shape index (κ2) is 10.9. The van der Waals surface area contributed by atoms with Gasteiger partial charge in [-0.15, -0.1) is 0 Å². The van der Waals surface area contributed by atoms with Crippen LogP contribution in [0.25, 0.3) is 10.9 Å². The van der Waals surface area contributed by atoms with Crippen molar-refractivity contribution < 1.29 is 9.47 Å². The lowest BCUT2D eigenvalue weighted by molar-refractivity contribution is 0.282. The Kier molecular flexibility index (Phi) is 7.90. The molecule has 4 aromatic rings. The van der Waals surface area contributed by atoms with Crippen LogP contribution < -0.4 is 15.0 Å². The van der Waals surface area contributed by atoms with E-state index in [-0.39, 0.29) is 5.56 Å². The quantitative estimate of drug-likeness (QED) is 0.170. The molecule has 0 amide bonds. The van der Waals surface area contributed by atoms with E-state index in [1.165, 1.54) is 4.68 Å². The number of ether oxygens (including phenoxy) is 2. The van der Waals surface area contributed by atoms with Gasteiger partial charge in [-0.25, -0.2) is 4.98 Å². The van der Waals surface area contributed by atoms with Gasteiger partial charge < -0.3 is 9.47 Å². The summed E-state index contributed by atoms with van der Waals surface area (Å²) >= 11 is 11.6. The maximum atomic E-state index is 13.1. The molecule has 0 bridgehead atoms. The van der Waals surface area contributed by atoms with Crippen LogP contribution in [0.2, 0.25) is 5.02 Å². The van der Waals surface area contributed by atoms with Crippen LogP contribution >= 0.6 is 50.1 Å². The number of aryl methyl sites for hydroxylation is 1. The number of halogens is 3. The molecule has 174 valence electrons. The zero-order valence-corrected chi connectivity index (χ0v) is 22.9. The number of benzene rings is 3. The first-order valence-electron chi connectivity index (χ1n) is 10.4. The Hall–Kier alpha value is -2.43. The van der Waals surface area contributed by atoms with E-state index >= 15 is 0 Å². The Balaban J connectivity index is 1.65. The van der Waals surface area contributed by atoms with Gasteiger partial charge in [-0.3, -0.25) is 4.79 Å². The van der Waals surface area contributed by atoms with Gasteiger partial charge in [0, 0.05) is 15.9 Å². The van der Waals surface area contributed by atoms with Gasteiger partial charge in [0.1, 0.15) is 12.4 Å². The Morgan fingerprint density at radius 1 is 1.18 bits per heavy atom. The molecular formula is C25H20BrClIN3O3. The number of fused-ring (bicyclic) bond motifs is 1. The first kappa shape index (κ1) is 24.7. The van der Waals surface area contributed by atoms with Crippen molar-refractivity contribution in [2.24, 2.45) is 5.10 Å². The number of hydrogen-bond donors (Lipinski definition) is 0. The largest absolute Gasteiger partial charge is 0.493 e. The van der Waals surface area contributed by atoms with Crippen LogP contribution in [0.15, 0.2) is 69.0 Å². The fourth-order valence-corrected chi connectivity index (χ4v) is 4.63. The highest BCUT2D eigenvalue weighted by Crippen LogP contribution is 2.34. The molecule has 1 aromatic heterocycles. The van der Waals surface area contributed by atoms with E-state index in [2.05, 4.69) is 48.6 Å². The van der Waals surface area contributed by atoms with Gasteiger partial charge in [0.25, 0.3) is 5.56 Å². The summed E-state index contributed by atoms with van der Waals surface area (Å²) in [5.41, 5.74) is 2.19. The van der Waals surface area contributed by atoms with E-state index < -0.39 is 0 Å². The van der Waals surface area contributed by atoms with Gasteiger partial charge >= 0.3 is 0 Å². The van der Waals surface area contributed by atoms with E-state index in [0.717, 1.165) is 19.2 Å². The maximum Gasteiger partial charge on any atom is 0.282 e. The lowest BCUT2D eigenvalue weighted by Gasteiger charge is -2.14. The van der Waals surface area contributed by atoms with Crippen molar-refractivity contribution in [1.29, 1.82) is 0 Å². The molecule has 4 rings (SSSR count). The standard InChI is InChI=1S/C25H20BrClIN3O3/c1-3-23-30-21-9-6-17(26)12-19(21)25(32)31(23)29-13-16-10-20(28)24(22(11-16)33-2)34-14-15-4-7-18(27)8-5-15/h4-13H,3,14H2,1-2H3. The molecule has 0 spiro atoms. The second-order valence-corrected chi connectivity index (χ2v) is 9.87. The molecule has 6 nitrogen and oxygen atoms in total. The minimum Gasteiger partial charge on any atom is -0.493 e. The maximum absolute atomic E-state index is 13.1. The molecule has 0 N–H and O–H groups in total. The Morgan fingerprint density at radius 2 is 1.94 bits per heavy atom. The van der Waals surface area contributed by atoms with Gasteiger partial charge in [-0.05, 0) is 76.2 Å². The van der Waals surface area contributed by atoms with Gasteiger partial charge in [0.2, 0.25) is 0 Å². The number of hydrogen-bond acceptors (Lipinski definition) is 5. The Labute approximate surface area is 223 Å². The first-order valence-corrected chi connectivity index (χ1v) is 12.6. The highest BCUT2D eigenvalue weighted by atomic mass is 127. The SMILES string of the molecule is CCc1nc2ccc(Br)cc2c(=O)n1N=Cc1cc(I)c(OCc2ccc(Cl)cc2)c(OC)c1. The van der Waals surface area contributed by atoms with Crippen LogP contribution in [0.4, 0.5) is 0 Å². The molecule has 3 aromatic carbocycles. The van der Waals surface area contributed by atoms with Gasteiger partial charge in [0.15, 0.2) is 11.5 Å². The molecule has 9 heteroatoms. The van der Waals surface area contributed by atoms with Crippen LogP contribution in [-0.4, -0.2) is 23.0 Å². The highest BCUT2D eigenvalue weighted by molar-refractivity contribution is 14.1. The fourth-order valence-electron chi connectivity index (χ4n) is 3.36. The van der Waals surface area contributed by atoms with Gasteiger partial charge in [0.05, 0.1) is 27.8 Å². The molecule has 0 saturated heterocycles. The lowest BCUT2D eigenvalue weighted by Crippen LogP contribution is -2.22. The average molecular weight is 653 g/mol. The molecule has 0 aliphatic heterocycles. The third-order valence-corrected chi connectivity index (χ3v) is 6.61. The molecule has 0 fully saturated rings. The summed E-state index contributed by atoms with van der Waals surface area (Å²) in [7, 11) is 1.59. The molecule has 1 heterocycles. The molecule has 0 aliphatic rings. The zero-order chi connectivity index (χ0) is 24.2. The van der Waals surface area contributed by atoms with E-state index in [1.54, 1.807) is 19.4 Å². The summed E-state index contributed by atoms with van der Waals surface area (Å²) in [4.78, 5) is 17.7. The van der Waals surface area contributed by atoms with E-state index in [0.29, 0.717) is 46.3 Å². The Bertz CT molecular complexity index is 1440. The van der Waals surface area contributed by atoms with Crippen molar-refractivity contribution in [2.75, 3.05) is 7.11 Å². The number of rotatable bonds is 7. The topological polar surface area (TPSA) is 65.7 Å². The summed E-state index contributed by atoms with van der Waals surface area (Å²) < 4.78 is 14.6. The molecule has 0 radical (unpaired) electrons. The van der Waals surface area contributed by atoms with E-state index in [9.17, 15) is 4.79 Å². The zero-order valence-electron chi connectivity index (χ0n) is 18.4. The third-order valence-electron chi connectivity index (χ3n) is 5.06. The van der Waals surface area contributed by atoms with Crippen LogP contribution in [-0.2, 0) is 13.0 Å². The molecular weight excluding hydrogens is 633 g/mol. The minimum atomic E-state index is -0.219. The van der Waals surface area contributed by atoms with Crippen LogP contribution in [0, 0.1) is 3.57 Å². The summed E-state index contributed by atoms with van der Waals surface area (Å²) in [6.45, 7) is 2.32. The molecule has 0 saturated carbocycles. The summed E-state index contributed by atoms with van der Waals surface area (Å²) in [5, 5.41) is 5.65. The predicted octanol–water partition coefficient (Wildman–Crippen LogP) is 6.45. The summed E-state index contributed by atoms with van der Waals surface area (Å²) in [5.74, 6) is 1.80. The normalized spacial score (nSPS) is 11.3. The monoisotopic (exact) mass is 651 g/mol. The Morgan fingerprint density at radius 3 is 2.65 bits per heavy atom. The molecule has 0 atom stereocenters. The minimum absolute atomic E-state index is 0.219. The van der Waals surface area contributed by atoms with Gasteiger partial charge in [-0.2, -0.15) is 9.78 Å². The van der Waals surface area contributed by atoms with Crippen molar-refractivity contribution in [3.8, 4) is 11.5 Å². The fraction of sp³-hybridized carbons (Fsp3) is 0.160. The van der Waals surface area contributed by atoms with Crippen molar-refractivity contribution in [3.63, 3.8) is 0 Å².